The molecule has 7 heteroatoms. The average molecular weight is 333 g/mol. The van der Waals surface area contributed by atoms with E-state index in [1.807, 2.05) is 20.8 Å². The molecule has 0 aliphatic rings. The van der Waals surface area contributed by atoms with E-state index in [1.165, 1.54) is 11.3 Å². The molecule has 0 amide bonds. The van der Waals surface area contributed by atoms with Crippen LogP contribution in [0.15, 0.2) is 34.5 Å². The smallest absolute Gasteiger partial charge is 0.271 e. The van der Waals surface area contributed by atoms with Gasteiger partial charge in [-0.1, -0.05) is 0 Å². The van der Waals surface area contributed by atoms with E-state index in [4.69, 9.17) is 0 Å². The molecule has 0 atom stereocenters. The van der Waals surface area contributed by atoms with Crippen molar-refractivity contribution < 1.29 is 8.42 Å². The van der Waals surface area contributed by atoms with Gasteiger partial charge in [0.2, 0.25) is 0 Å². The predicted molar refractivity (Wildman–Crippen MR) is 88.9 cm³/mol. The first-order valence-electron chi connectivity index (χ1n) is 6.69. The SMILES string of the molecule is Cc1ccc(S(=O)(=O)Nc2ccc3nc(C)c(C)nc3c2)s1. The Morgan fingerprint density at radius 3 is 2.27 bits per heavy atom. The van der Waals surface area contributed by atoms with E-state index in [-0.39, 0.29) is 0 Å². The van der Waals surface area contributed by atoms with Gasteiger partial charge in [0.15, 0.2) is 0 Å². The van der Waals surface area contributed by atoms with Crippen LogP contribution >= 0.6 is 11.3 Å². The van der Waals surface area contributed by atoms with Crippen LogP contribution in [-0.4, -0.2) is 18.4 Å². The van der Waals surface area contributed by atoms with Crippen LogP contribution in [0.25, 0.3) is 11.0 Å². The van der Waals surface area contributed by atoms with Crippen molar-refractivity contribution in [2.24, 2.45) is 0 Å². The lowest BCUT2D eigenvalue weighted by Crippen LogP contribution is -2.11. The summed E-state index contributed by atoms with van der Waals surface area (Å²) >= 11 is 1.24. The molecule has 0 aliphatic heterocycles. The highest BCUT2D eigenvalue weighted by Gasteiger charge is 2.16. The molecule has 3 aromatic rings. The second kappa shape index (κ2) is 5.33. The highest BCUT2D eigenvalue weighted by atomic mass is 32.2. The quantitative estimate of drug-likeness (QED) is 0.797. The highest BCUT2D eigenvalue weighted by Crippen LogP contribution is 2.24. The molecule has 5 nitrogen and oxygen atoms in total. The zero-order chi connectivity index (χ0) is 15.9. The topological polar surface area (TPSA) is 72.0 Å². The molecule has 114 valence electrons. The fourth-order valence-electron chi connectivity index (χ4n) is 2.06. The van der Waals surface area contributed by atoms with E-state index in [0.717, 1.165) is 21.8 Å². The number of nitrogens with one attached hydrogen (secondary N) is 1. The summed E-state index contributed by atoms with van der Waals surface area (Å²) in [5, 5.41) is 0. The van der Waals surface area contributed by atoms with E-state index in [0.29, 0.717) is 15.4 Å². The minimum absolute atomic E-state index is 0.302. The van der Waals surface area contributed by atoms with Crippen LogP contribution in [0.1, 0.15) is 16.3 Å². The van der Waals surface area contributed by atoms with Crippen molar-refractivity contribution in [3.63, 3.8) is 0 Å². The zero-order valence-corrected chi connectivity index (χ0v) is 14.0. The van der Waals surface area contributed by atoms with Gasteiger partial charge in [0.25, 0.3) is 10.0 Å². The molecular formula is C15H15N3O2S2. The lowest BCUT2D eigenvalue weighted by atomic mass is 10.2. The van der Waals surface area contributed by atoms with Gasteiger partial charge in [-0.25, -0.2) is 18.4 Å². The molecule has 1 N–H and O–H groups in total. The van der Waals surface area contributed by atoms with Crippen LogP contribution in [0.2, 0.25) is 0 Å². The number of anilines is 1. The largest absolute Gasteiger partial charge is 0.279 e. The molecule has 0 saturated carbocycles. The second-order valence-corrected chi connectivity index (χ2v) is 8.27. The molecule has 0 saturated heterocycles. The van der Waals surface area contributed by atoms with Crippen molar-refractivity contribution in [1.82, 2.24) is 9.97 Å². The van der Waals surface area contributed by atoms with Crippen LogP contribution in [0.5, 0.6) is 0 Å². The Bertz CT molecular complexity index is 962. The number of aromatic nitrogens is 2. The molecule has 2 heterocycles. The van der Waals surface area contributed by atoms with Crippen molar-refractivity contribution in [1.29, 1.82) is 0 Å². The molecule has 0 aliphatic carbocycles. The number of benzene rings is 1. The van der Waals surface area contributed by atoms with Crippen molar-refractivity contribution in [3.05, 3.63) is 46.6 Å². The first-order valence-corrected chi connectivity index (χ1v) is 8.99. The first-order chi connectivity index (χ1) is 10.3. The van der Waals surface area contributed by atoms with Gasteiger partial charge in [0.05, 0.1) is 28.1 Å². The molecular weight excluding hydrogens is 318 g/mol. The number of aryl methyl sites for hydroxylation is 3. The molecule has 1 aromatic carbocycles. The summed E-state index contributed by atoms with van der Waals surface area (Å²) in [6.45, 7) is 5.66. The molecule has 0 fully saturated rings. The fraction of sp³-hybridized carbons (Fsp3) is 0.200. The lowest BCUT2D eigenvalue weighted by Gasteiger charge is -2.08. The molecule has 0 unspecified atom stereocenters. The Morgan fingerprint density at radius 1 is 0.955 bits per heavy atom. The third-order valence-corrected chi connectivity index (χ3v) is 6.18. The Balaban J connectivity index is 1.99. The maximum Gasteiger partial charge on any atom is 0.271 e. The summed E-state index contributed by atoms with van der Waals surface area (Å²) in [4.78, 5) is 9.84. The van der Waals surface area contributed by atoms with E-state index in [1.54, 1.807) is 30.3 Å². The predicted octanol–water partition coefficient (Wildman–Crippen LogP) is 3.42. The minimum Gasteiger partial charge on any atom is -0.279 e. The van der Waals surface area contributed by atoms with Crippen molar-refractivity contribution in [2.75, 3.05) is 4.72 Å². The van der Waals surface area contributed by atoms with Gasteiger partial charge in [-0.05, 0) is 51.1 Å². The summed E-state index contributed by atoms with van der Waals surface area (Å²) in [5.74, 6) is 0. The third kappa shape index (κ3) is 2.82. The van der Waals surface area contributed by atoms with Crippen LogP contribution in [0.3, 0.4) is 0 Å². The van der Waals surface area contributed by atoms with Gasteiger partial charge in [0.1, 0.15) is 4.21 Å². The molecule has 0 spiro atoms. The third-order valence-electron chi connectivity index (χ3n) is 3.31. The highest BCUT2D eigenvalue weighted by molar-refractivity contribution is 7.94. The Morgan fingerprint density at radius 2 is 1.64 bits per heavy atom. The van der Waals surface area contributed by atoms with Crippen molar-refractivity contribution in [2.45, 2.75) is 25.0 Å². The number of rotatable bonds is 3. The summed E-state index contributed by atoms with van der Waals surface area (Å²) in [7, 11) is -3.56. The summed E-state index contributed by atoms with van der Waals surface area (Å²) < 4.78 is 27.6. The number of hydrogen-bond donors (Lipinski definition) is 1. The first kappa shape index (κ1) is 14.9. The molecule has 2 aromatic heterocycles. The standard InChI is InChI=1S/C15H15N3O2S2/c1-9-4-7-15(21-9)22(19,20)18-12-5-6-13-14(8-12)17-11(3)10(2)16-13/h4-8,18H,1-3H3. The van der Waals surface area contributed by atoms with Crippen LogP contribution in [0.4, 0.5) is 5.69 Å². The summed E-state index contributed by atoms with van der Waals surface area (Å²) in [6, 6.07) is 8.57. The Labute approximate surface area is 133 Å². The lowest BCUT2D eigenvalue weighted by molar-refractivity contribution is 0.603. The fourth-order valence-corrected chi connectivity index (χ4v) is 4.39. The molecule has 0 bridgehead atoms. The van der Waals surface area contributed by atoms with Gasteiger partial charge >= 0.3 is 0 Å². The van der Waals surface area contributed by atoms with Crippen LogP contribution < -0.4 is 4.72 Å². The minimum atomic E-state index is -3.56. The molecule has 3 rings (SSSR count). The molecule has 0 radical (unpaired) electrons. The maximum atomic E-state index is 12.3. The van der Waals surface area contributed by atoms with Gasteiger partial charge in [-0.2, -0.15) is 0 Å². The molecule has 22 heavy (non-hydrogen) atoms. The normalized spacial score (nSPS) is 11.8. The number of hydrogen-bond acceptors (Lipinski definition) is 5. The zero-order valence-electron chi connectivity index (χ0n) is 12.4. The second-order valence-electron chi connectivity index (χ2n) is 5.07. The van der Waals surface area contributed by atoms with E-state index >= 15 is 0 Å². The summed E-state index contributed by atoms with van der Waals surface area (Å²) in [6.07, 6.45) is 0. The van der Waals surface area contributed by atoms with Crippen molar-refractivity contribution >= 4 is 38.1 Å². The van der Waals surface area contributed by atoms with Gasteiger partial charge in [0, 0.05) is 4.88 Å². The van der Waals surface area contributed by atoms with E-state index in [2.05, 4.69) is 14.7 Å². The van der Waals surface area contributed by atoms with Gasteiger partial charge < -0.3 is 0 Å². The van der Waals surface area contributed by atoms with Crippen molar-refractivity contribution in [3.8, 4) is 0 Å². The number of nitrogens with zero attached hydrogens (tertiary/aromatic N) is 2. The van der Waals surface area contributed by atoms with E-state index in [9.17, 15) is 8.42 Å². The Hall–Kier alpha value is -1.99. The van der Waals surface area contributed by atoms with E-state index < -0.39 is 10.0 Å². The number of thiophene rings is 1. The van der Waals surface area contributed by atoms with Crippen LogP contribution in [0, 0.1) is 20.8 Å². The van der Waals surface area contributed by atoms with Crippen LogP contribution in [-0.2, 0) is 10.0 Å². The number of fused-ring (bicyclic) bond motifs is 1. The van der Waals surface area contributed by atoms with Gasteiger partial charge in [-0.3, -0.25) is 4.72 Å². The average Bonchev–Trinajstić information content (AvgIpc) is 2.88. The number of sulfonamides is 1. The maximum absolute atomic E-state index is 12.3. The van der Waals surface area contributed by atoms with Gasteiger partial charge in [-0.15, -0.1) is 11.3 Å². The Kier molecular flexibility index (Phi) is 3.62. The summed E-state index contributed by atoms with van der Waals surface area (Å²) in [5.41, 5.74) is 3.61. The monoisotopic (exact) mass is 333 g/mol.